The molecule has 2 rings (SSSR count). The number of benzene rings is 2. The molecule has 1 unspecified atom stereocenters. The van der Waals surface area contributed by atoms with Crippen LogP contribution in [0.25, 0.3) is 0 Å². The molecule has 0 bridgehead atoms. The summed E-state index contributed by atoms with van der Waals surface area (Å²) in [5.41, 5.74) is 1.19. The minimum atomic E-state index is -0.825. The molecule has 0 aromatic heterocycles. The highest BCUT2D eigenvalue weighted by Crippen LogP contribution is 2.23. The first-order chi connectivity index (χ1) is 9.95. The second kappa shape index (κ2) is 6.17. The van der Waals surface area contributed by atoms with Crippen LogP contribution in [-0.2, 0) is 0 Å². The van der Waals surface area contributed by atoms with Gasteiger partial charge in [0.1, 0.15) is 11.6 Å². The summed E-state index contributed by atoms with van der Waals surface area (Å²) in [7, 11) is 0. The lowest BCUT2D eigenvalue weighted by Crippen LogP contribution is -2.09. The van der Waals surface area contributed by atoms with Crippen LogP contribution in [0.15, 0.2) is 36.4 Å². The molecule has 1 atom stereocenters. The van der Waals surface area contributed by atoms with Crippen LogP contribution in [0.2, 0.25) is 0 Å². The minimum absolute atomic E-state index is 0.260. The Kier molecular flexibility index (Phi) is 4.51. The van der Waals surface area contributed by atoms with Gasteiger partial charge in [-0.2, -0.15) is 0 Å². The van der Waals surface area contributed by atoms with E-state index in [0.29, 0.717) is 11.5 Å². The van der Waals surface area contributed by atoms with Crippen LogP contribution >= 0.6 is 0 Å². The van der Waals surface area contributed by atoms with Gasteiger partial charge in [-0.25, -0.2) is 8.78 Å². The van der Waals surface area contributed by atoms with Crippen LogP contribution in [-0.4, -0.2) is 5.78 Å². The molecular weight excluding hydrogens is 270 g/mol. The van der Waals surface area contributed by atoms with E-state index in [1.54, 1.807) is 12.1 Å². The third kappa shape index (κ3) is 3.02. The van der Waals surface area contributed by atoms with Gasteiger partial charge in [-0.3, -0.25) is 4.79 Å². The van der Waals surface area contributed by atoms with E-state index in [2.05, 4.69) is 13.8 Å². The van der Waals surface area contributed by atoms with Crippen LogP contribution in [0.1, 0.15) is 53.2 Å². The number of aryl methyl sites for hydroxylation is 1. The molecule has 21 heavy (non-hydrogen) atoms. The highest BCUT2D eigenvalue weighted by molar-refractivity contribution is 6.09. The zero-order valence-corrected chi connectivity index (χ0v) is 12.4. The zero-order chi connectivity index (χ0) is 15.6. The first kappa shape index (κ1) is 15.4. The SMILES string of the molecule is CCC(C)c1ccc(C(=O)c2c(F)ccc(C)c2F)cc1. The number of hydrogen-bond acceptors (Lipinski definition) is 1. The number of ketones is 1. The molecule has 0 saturated carbocycles. The average Bonchev–Trinajstić information content (AvgIpc) is 2.50. The fraction of sp³-hybridized carbons (Fsp3) is 0.278. The quantitative estimate of drug-likeness (QED) is 0.722. The van der Waals surface area contributed by atoms with Gasteiger partial charge in [-0.05, 0) is 36.5 Å². The molecule has 0 saturated heterocycles. The van der Waals surface area contributed by atoms with Crippen molar-refractivity contribution in [1.29, 1.82) is 0 Å². The van der Waals surface area contributed by atoms with E-state index >= 15 is 0 Å². The summed E-state index contributed by atoms with van der Waals surface area (Å²) in [6.07, 6.45) is 0.994. The zero-order valence-electron chi connectivity index (χ0n) is 12.4. The topological polar surface area (TPSA) is 17.1 Å². The monoisotopic (exact) mass is 288 g/mol. The van der Waals surface area contributed by atoms with Crippen LogP contribution in [0.4, 0.5) is 8.78 Å². The third-order valence-electron chi connectivity index (χ3n) is 3.87. The van der Waals surface area contributed by atoms with Gasteiger partial charge in [0.25, 0.3) is 0 Å². The van der Waals surface area contributed by atoms with Crippen molar-refractivity contribution < 1.29 is 13.6 Å². The molecule has 0 N–H and O–H groups in total. The van der Waals surface area contributed by atoms with Gasteiger partial charge in [-0.1, -0.05) is 44.2 Å². The molecule has 0 spiro atoms. The second-order valence-corrected chi connectivity index (χ2v) is 5.31. The lowest BCUT2D eigenvalue weighted by molar-refractivity contribution is 0.103. The Morgan fingerprint density at radius 1 is 1.10 bits per heavy atom. The van der Waals surface area contributed by atoms with Crippen molar-refractivity contribution in [3.63, 3.8) is 0 Å². The Bertz CT molecular complexity index is 660. The fourth-order valence-corrected chi connectivity index (χ4v) is 2.21. The molecule has 110 valence electrons. The Morgan fingerprint density at radius 2 is 1.71 bits per heavy atom. The summed E-state index contributed by atoms with van der Waals surface area (Å²) >= 11 is 0. The Balaban J connectivity index is 2.39. The normalized spacial score (nSPS) is 12.2. The standard InChI is InChI=1S/C18H18F2O/c1-4-11(2)13-6-8-14(9-7-13)18(21)16-15(19)10-5-12(3)17(16)20/h5-11H,4H2,1-3H3. The average molecular weight is 288 g/mol. The third-order valence-corrected chi connectivity index (χ3v) is 3.87. The maximum atomic E-state index is 14.0. The van der Waals surface area contributed by atoms with Crippen molar-refractivity contribution in [1.82, 2.24) is 0 Å². The lowest BCUT2D eigenvalue weighted by Gasteiger charge is -2.10. The van der Waals surface area contributed by atoms with E-state index < -0.39 is 23.0 Å². The van der Waals surface area contributed by atoms with E-state index in [1.165, 1.54) is 13.0 Å². The van der Waals surface area contributed by atoms with E-state index in [-0.39, 0.29) is 5.56 Å². The van der Waals surface area contributed by atoms with Crippen LogP contribution in [0.3, 0.4) is 0 Å². The summed E-state index contributed by atoms with van der Waals surface area (Å²) in [6, 6.07) is 9.39. The van der Waals surface area contributed by atoms with Crippen molar-refractivity contribution >= 4 is 5.78 Å². The highest BCUT2D eigenvalue weighted by Gasteiger charge is 2.20. The number of halogens is 2. The molecule has 3 heteroatoms. The van der Waals surface area contributed by atoms with Gasteiger partial charge in [0.05, 0.1) is 5.56 Å². The molecule has 0 aliphatic carbocycles. The van der Waals surface area contributed by atoms with Crippen molar-refractivity contribution in [3.05, 3.63) is 70.3 Å². The summed E-state index contributed by atoms with van der Waals surface area (Å²) in [5, 5.41) is 0. The molecule has 2 aromatic rings. The Labute approximate surface area is 123 Å². The fourth-order valence-electron chi connectivity index (χ4n) is 2.21. The van der Waals surface area contributed by atoms with Crippen LogP contribution < -0.4 is 0 Å². The predicted octanol–water partition coefficient (Wildman–Crippen LogP) is 5.02. The summed E-state index contributed by atoms with van der Waals surface area (Å²) in [6.45, 7) is 5.69. The van der Waals surface area contributed by atoms with Crippen LogP contribution in [0, 0.1) is 18.6 Å². The lowest BCUT2D eigenvalue weighted by atomic mass is 9.95. The largest absolute Gasteiger partial charge is 0.288 e. The second-order valence-electron chi connectivity index (χ2n) is 5.31. The van der Waals surface area contributed by atoms with Gasteiger partial charge in [0, 0.05) is 5.56 Å². The number of carbonyl (C=O) groups is 1. The molecule has 0 heterocycles. The molecular formula is C18H18F2O. The van der Waals surface area contributed by atoms with Gasteiger partial charge < -0.3 is 0 Å². The van der Waals surface area contributed by atoms with Gasteiger partial charge >= 0.3 is 0 Å². The maximum absolute atomic E-state index is 14.0. The molecule has 0 aliphatic rings. The van der Waals surface area contributed by atoms with E-state index in [0.717, 1.165) is 18.1 Å². The number of carbonyl (C=O) groups excluding carboxylic acids is 1. The first-order valence-corrected chi connectivity index (χ1v) is 7.05. The van der Waals surface area contributed by atoms with Crippen molar-refractivity contribution in [2.45, 2.75) is 33.1 Å². The molecule has 0 radical (unpaired) electrons. The van der Waals surface area contributed by atoms with E-state index in [9.17, 15) is 13.6 Å². The Morgan fingerprint density at radius 3 is 2.29 bits per heavy atom. The first-order valence-electron chi connectivity index (χ1n) is 7.05. The summed E-state index contributed by atoms with van der Waals surface area (Å²) < 4.78 is 27.8. The van der Waals surface area contributed by atoms with Gasteiger partial charge in [-0.15, -0.1) is 0 Å². The number of rotatable bonds is 4. The van der Waals surface area contributed by atoms with Gasteiger partial charge in [0.2, 0.25) is 0 Å². The molecule has 0 aliphatic heterocycles. The van der Waals surface area contributed by atoms with E-state index in [4.69, 9.17) is 0 Å². The molecule has 0 amide bonds. The molecule has 2 aromatic carbocycles. The highest BCUT2D eigenvalue weighted by atomic mass is 19.1. The molecule has 0 fully saturated rings. The maximum Gasteiger partial charge on any atom is 0.198 e. The minimum Gasteiger partial charge on any atom is -0.288 e. The van der Waals surface area contributed by atoms with Gasteiger partial charge in [0.15, 0.2) is 5.78 Å². The predicted molar refractivity (Wildman–Crippen MR) is 79.7 cm³/mol. The Hall–Kier alpha value is -2.03. The van der Waals surface area contributed by atoms with Crippen LogP contribution in [0.5, 0.6) is 0 Å². The van der Waals surface area contributed by atoms with Crippen molar-refractivity contribution in [3.8, 4) is 0 Å². The van der Waals surface area contributed by atoms with Crippen molar-refractivity contribution in [2.24, 2.45) is 0 Å². The molecule has 1 nitrogen and oxygen atoms in total. The van der Waals surface area contributed by atoms with E-state index in [1.807, 2.05) is 12.1 Å². The summed E-state index contributed by atoms with van der Waals surface area (Å²) in [5.74, 6) is -1.84. The van der Waals surface area contributed by atoms with Crippen molar-refractivity contribution in [2.75, 3.05) is 0 Å². The summed E-state index contributed by atoms with van der Waals surface area (Å²) in [4.78, 5) is 12.3. The number of hydrogen-bond donors (Lipinski definition) is 0. The smallest absolute Gasteiger partial charge is 0.198 e.